The molecule has 0 amide bonds. The van der Waals surface area contributed by atoms with Gasteiger partial charge < -0.3 is 0 Å². The summed E-state index contributed by atoms with van der Waals surface area (Å²) in [6, 6.07) is 0. The highest BCUT2D eigenvalue weighted by Crippen LogP contribution is 2.43. The molecule has 2 rings (SSSR count). The molecular formula is C8H12O. The van der Waals surface area contributed by atoms with Crippen molar-refractivity contribution >= 4 is 5.78 Å². The number of hydrogen-bond acceptors (Lipinski definition) is 1. The zero-order chi connectivity index (χ0) is 6.27. The van der Waals surface area contributed by atoms with E-state index in [-0.39, 0.29) is 0 Å². The Hall–Kier alpha value is -0.330. The van der Waals surface area contributed by atoms with Crippen LogP contribution in [0.5, 0.6) is 0 Å². The number of ketones is 1. The molecule has 0 N–H and O–H groups in total. The zero-order valence-corrected chi connectivity index (χ0v) is 5.60. The maximum absolute atomic E-state index is 10.9. The topological polar surface area (TPSA) is 17.1 Å². The monoisotopic (exact) mass is 124 g/mol. The van der Waals surface area contributed by atoms with Crippen molar-refractivity contribution in [3.05, 3.63) is 0 Å². The zero-order valence-electron chi connectivity index (χ0n) is 5.60. The van der Waals surface area contributed by atoms with Crippen molar-refractivity contribution in [2.75, 3.05) is 0 Å². The summed E-state index contributed by atoms with van der Waals surface area (Å²) in [6.45, 7) is 0. The van der Waals surface area contributed by atoms with Crippen LogP contribution in [0.25, 0.3) is 0 Å². The minimum absolute atomic E-state index is 0.510. The lowest BCUT2D eigenvalue weighted by Crippen LogP contribution is -2.32. The van der Waals surface area contributed by atoms with Gasteiger partial charge in [-0.25, -0.2) is 0 Å². The van der Waals surface area contributed by atoms with Crippen LogP contribution in [0.2, 0.25) is 0 Å². The van der Waals surface area contributed by atoms with Crippen LogP contribution in [-0.2, 0) is 4.79 Å². The first-order valence-corrected chi connectivity index (χ1v) is 3.88. The molecular weight excluding hydrogens is 112 g/mol. The third kappa shape index (κ3) is 0.790. The van der Waals surface area contributed by atoms with Gasteiger partial charge in [0.2, 0.25) is 0 Å². The largest absolute Gasteiger partial charge is 0.300 e. The fourth-order valence-corrected chi connectivity index (χ4v) is 2.03. The van der Waals surface area contributed by atoms with E-state index in [0.29, 0.717) is 5.78 Å². The quantitative estimate of drug-likeness (QED) is 0.481. The Labute approximate surface area is 55.4 Å². The van der Waals surface area contributed by atoms with Crippen LogP contribution in [0, 0.1) is 11.8 Å². The van der Waals surface area contributed by atoms with E-state index >= 15 is 0 Å². The molecule has 0 saturated heterocycles. The highest BCUT2D eigenvalue weighted by molar-refractivity contribution is 5.79. The minimum Gasteiger partial charge on any atom is -0.300 e. The number of fused-ring (bicyclic) bond motifs is 1. The molecule has 0 aliphatic heterocycles. The summed E-state index contributed by atoms with van der Waals surface area (Å²) < 4.78 is 0. The molecule has 2 aliphatic carbocycles. The molecule has 2 atom stereocenters. The number of hydrogen-bond donors (Lipinski definition) is 0. The number of Topliss-reactive ketones (excluding diaryl/α,β-unsaturated/α-hetero) is 1. The van der Waals surface area contributed by atoms with Crippen molar-refractivity contribution < 1.29 is 4.79 Å². The molecule has 0 aromatic heterocycles. The molecule has 0 spiro atoms. The minimum atomic E-state index is 0.510. The van der Waals surface area contributed by atoms with Crippen LogP contribution in [0.15, 0.2) is 0 Å². The molecule has 1 nitrogen and oxygen atoms in total. The van der Waals surface area contributed by atoms with Gasteiger partial charge in [0, 0.05) is 12.8 Å². The van der Waals surface area contributed by atoms with Crippen molar-refractivity contribution in [3.8, 4) is 0 Å². The summed E-state index contributed by atoms with van der Waals surface area (Å²) in [4.78, 5) is 10.9. The van der Waals surface area contributed by atoms with Gasteiger partial charge in [-0.3, -0.25) is 4.79 Å². The van der Waals surface area contributed by atoms with Crippen LogP contribution in [0.4, 0.5) is 0 Å². The van der Waals surface area contributed by atoms with Crippen molar-refractivity contribution in [2.45, 2.75) is 32.1 Å². The number of rotatable bonds is 0. The van der Waals surface area contributed by atoms with Gasteiger partial charge in [-0.15, -0.1) is 0 Å². The Morgan fingerprint density at radius 2 is 1.89 bits per heavy atom. The molecule has 0 radical (unpaired) electrons. The molecule has 0 unspecified atom stereocenters. The fourth-order valence-electron chi connectivity index (χ4n) is 2.03. The van der Waals surface area contributed by atoms with Gasteiger partial charge in [0.15, 0.2) is 0 Å². The second kappa shape index (κ2) is 1.83. The van der Waals surface area contributed by atoms with E-state index in [9.17, 15) is 4.79 Å². The van der Waals surface area contributed by atoms with Gasteiger partial charge >= 0.3 is 0 Å². The summed E-state index contributed by atoms with van der Waals surface area (Å²) in [7, 11) is 0. The van der Waals surface area contributed by atoms with E-state index < -0.39 is 0 Å². The van der Waals surface area contributed by atoms with Crippen molar-refractivity contribution in [1.29, 1.82) is 0 Å². The van der Waals surface area contributed by atoms with Crippen LogP contribution in [-0.4, -0.2) is 5.78 Å². The molecule has 0 aromatic carbocycles. The summed E-state index contributed by atoms with van der Waals surface area (Å²) in [5.74, 6) is 2.27. The first-order chi connectivity index (χ1) is 4.36. The van der Waals surface area contributed by atoms with E-state index in [1.165, 1.54) is 19.3 Å². The van der Waals surface area contributed by atoms with Crippen molar-refractivity contribution in [2.24, 2.45) is 11.8 Å². The average molecular weight is 124 g/mol. The third-order valence-electron chi connectivity index (χ3n) is 2.86. The molecule has 0 heterocycles. The van der Waals surface area contributed by atoms with Crippen molar-refractivity contribution in [3.63, 3.8) is 0 Å². The highest BCUT2D eigenvalue weighted by Gasteiger charge is 2.35. The van der Waals surface area contributed by atoms with Gasteiger partial charge in [-0.2, -0.15) is 0 Å². The number of carbonyl (C=O) groups excluding carboxylic acids is 1. The lowest BCUT2D eigenvalue weighted by molar-refractivity contribution is -0.124. The van der Waals surface area contributed by atoms with Gasteiger partial charge in [-0.05, 0) is 31.1 Å². The predicted octanol–water partition coefficient (Wildman–Crippen LogP) is 1.77. The Kier molecular flexibility index (Phi) is 1.11. The second-order valence-corrected chi connectivity index (χ2v) is 3.38. The SMILES string of the molecule is O=C1CC[C@@H]2CC[C@@H]2C1. The predicted molar refractivity (Wildman–Crippen MR) is 35.1 cm³/mol. The van der Waals surface area contributed by atoms with Crippen LogP contribution in [0.3, 0.4) is 0 Å². The summed E-state index contributed by atoms with van der Waals surface area (Å²) in [5, 5.41) is 0. The fraction of sp³-hybridized carbons (Fsp3) is 0.875. The second-order valence-electron chi connectivity index (χ2n) is 3.38. The molecule has 9 heavy (non-hydrogen) atoms. The summed E-state index contributed by atoms with van der Waals surface area (Å²) in [5.41, 5.74) is 0. The van der Waals surface area contributed by atoms with Crippen molar-refractivity contribution in [1.82, 2.24) is 0 Å². The summed E-state index contributed by atoms with van der Waals surface area (Å²) >= 11 is 0. The van der Waals surface area contributed by atoms with Gasteiger partial charge in [0.1, 0.15) is 5.78 Å². The van der Waals surface area contributed by atoms with E-state index in [0.717, 1.165) is 24.7 Å². The first kappa shape index (κ1) is 5.45. The third-order valence-corrected chi connectivity index (χ3v) is 2.86. The van der Waals surface area contributed by atoms with E-state index in [2.05, 4.69) is 0 Å². The van der Waals surface area contributed by atoms with Gasteiger partial charge in [-0.1, -0.05) is 0 Å². The molecule has 0 bridgehead atoms. The average Bonchev–Trinajstić information content (AvgIpc) is 1.78. The highest BCUT2D eigenvalue weighted by atomic mass is 16.1. The Morgan fingerprint density at radius 3 is 2.33 bits per heavy atom. The lowest BCUT2D eigenvalue weighted by Gasteiger charge is -2.39. The molecule has 2 aliphatic rings. The van der Waals surface area contributed by atoms with E-state index in [1.807, 2.05) is 0 Å². The van der Waals surface area contributed by atoms with E-state index in [4.69, 9.17) is 0 Å². The Bertz CT molecular complexity index is 140. The Balaban J connectivity index is 1.99. The number of carbonyl (C=O) groups is 1. The normalized spacial score (nSPS) is 41.6. The van der Waals surface area contributed by atoms with Crippen LogP contribution >= 0.6 is 0 Å². The standard InChI is InChI=1S/C8H12O/c9-8-4-3-6-1-2-7(6)5-8/h6-7H,1-5H2/t6-,7+/m0/s1. The maximum Gasteiger partial charge on any atom is 0.133 e. The van der Waals surface area contributed by atoms with Crippen LogP contribution < -0.4 is 0 Å². The smallest absolute Gasteiger partial charge is 0.133 e. The lowest BCUT2D eigenvalue weighted by atomic mass is 9.65. The molecule has 0 aromatic rings. The molecule has 1 heteroatoms. The summed E-state index contributed by atoms with van der Waals surface area (Å²) in [6.07, 6.45) is 5.71. The van der Waals surface area contributed by atoms with Crippen LogP contribution in [0.1, 0.15) is 32.1 Å². The van der Waals surface area contributed by atoms with Gasteiger partial charge in [0.05, 0.1) is 0 Å². The molecule has 2 fully saturated rings. The molecule has 50 valence electrons. The van der Waals surface area contributed by atoms with Gasteiger partial charge in [0.25, 0.3) is 0 Å². The first-order valence-electron chi connectivity index (χ1n) is 3.88. The maximum atomic E-state index is 10.9. The Morgan fingerprint density at radius 1 is 1.11 bits per heavy atom. The molecule has 2 saturated carbocycles. The van der Waals surface area contributed by atoms with E-state index in [1.54, 1.807) is 0 Å².